The number of methoxy groups -OCH3 is 4. The fourth-order valence-corrected chi connectivity index (χ4v) is 6.52. The van der Waals surface area contributed by atoms with Gasteiger partial charge in [-0.15, -0.1) is 0 Å². The summed E-state index contributed by atoms with van der Waals surface area (Å²) in [6, 6.07) is 14.2. The first kappa shape index (κ1) is 31.5. The average molecular weight is 630 g/mol. The van der Waals surface area contributed by atoms with E-state index in [2.05, 4.69) is 5.32 Å². The molecule has 1 N–H and O–H groups in total. The molecule has 0 atom stereocenters. The van der Waals surface area contributed by atoms with Crippen molar-refractivity contribution in [1.82, 2.24) is 5.32 Å². The monoisotopic (exact) mass is 628 g/mol. The minimum atomic E-state index is -4.27. The molecule has 3 rings (SSSR count). The predicted octanol–water partition coefficient (Wildman–Crippen LogP) is 5.27. The first-order valence-electron chi connectivity index (χ1n) is 11.9. The highest BCUT2D eigenvalue weighted by Gasteiger charge is 2.31. The maximum Gasteiger partial charge on any atom is 0.265 e. The zero-order chi connectivity index (χ0) is 29.3. The predicted molar refractivity (Wildman–Crippen MR) is 159 cm³/mol. The zero-order valence-electron chi connectivity index (χ0n) is 22.4. The molecule has 3 aromatic carbocycles. The Bertz CT molecular complexity index is 1440. The molecule has 0 aromatic heterocycles. The van der Waals surface area contributed by atoms with Crippen molar-refractivity contribution in [3.63, 3.8) is 0 Å². The van der Waals surface area contributed by atoms with Crippen LogP contribution in [0.15, 0.2) is 59.5 Å². The molecule has 9 nitrogen and oxygen atoms in total. The number of hydrogen-bond acceptors (Lipinski definition) is 8. The second-order valence-corrected chi connectivity index (χ2v) is 12.0. The van der Waals surface area contributed by atoms with Crippen LogP contribution in [-0.2, 0) is 20.6 Å². The number of sulfonamides is 1. The van der Waals surface area contributed by atoms with Crippen molar-refractivity contribution < 1.29 is 32.2 Å². The Labute approximate surface area is 248 Å². The van der Waals surface area contributed by atoms with Gasteiger partial charge in [-0.2, -0.15) is 11.8 Å². The van der Waals surface area contributed by atoms with Gasteiger partial charge in [-0.05, 0) is 42.0 Å². The van der Waals surface area contributed by atoms with Gasteiger partial charge in [-0.25, -0.2) is 8.42 Å². The fraction of sp³-hybridized carbons (Fsp3) is 0.296. The van der Waals surface area contributed by atoms with E-state index >= 15 is 0 Å². The molecule has 13 heteroatoms. The van der Waals surface area contributed by atoms with Gasteiger partial charge in [-0.1, -0.05) is 29.3 Å². The van der Waals surface area contributed by atoms with E-state index in [0.717, 1.165) is 9.87 Å². The van der Waals surface area contributed by atoms with Crippen LogP contribution in [-0.4, -0.2) is 61.6 Å². The van der Waals surface area contributed by atoms with Gasteiger partial charge in [0.05, 0.1) is 39.0 Å². The Kier molecular flexibility index (Phi) is 11.5. The molecule has 40 heavy (non-hydrogen) atoms. The minimum Gasteiger partial charge on any atom is -0.497 e. The van der Waals surface area contributed by atoms with E-state index in [1.165, 1.54) is 52.7 Å². The van der Waals surface area contributed by atoms with Crippen molar-refractivity contribution in [2.24, 2.45) is 0 Å². The van der Waals surface area contributed by atoms with E-state index in [0.29, 0.717) is 39.6 Å². The summed E-state index contributed by atoms with van der Waals surface area (Å²) in [6.07, 6.45) is 0. The highest BCUT2D eigenvalue weighted by molar-refractivity contribution is 7.98. The third kappa shape index (κ3) is 7.81. The summed E-state index contributed by atoms with van der Waals surface area (Å²) in [4.78, 5) is 12.9. The molecule has 0 aliphatic rings. The largest absolute Gasteiger partial charge is 0.497 e. The van der Waals surface area contributed by atoms with E-state index in [1.807, 2.05) is 6.07 Å². The van der Waals surface area contributed by atoms with Crippen LogP contribution in [0.2, 0.25) is 10.0 Å². The number of rotatable bonds is 14. The molecular weight excluding hydrogens is 599 g/mol. The van der Waals surface area contributed by atoms with Crippen molar-refractivity contribution in [2.45, 2.75) is 10.6 Å². The second-order valence-electron chi connectivity index (χ2n) is 8.20. The molecule has 1 amide bonds. The SMILES string of the molecule is COc1ccc(OC)c(N(CC(=O)NCCSCc2ccc(Cl)cc2Cl)S(=O)(=O)c2ccc(OC)c(OC)c2)c1. The number of anilines is 1. The normalized spacial score (nSPS) is 11.1. The Hall–Kier alpha value is -2.99. The average Bonchev–Trinajstić information content (AvgIpc) is 2.95. The summed E-state index contributed by atoms with van der Waals surface area (Å²) in [5.41, 5.74) is 1.07. The Morgan fingerprint density at radius 1 is 0.875 bits per heavy atom. The van der Waals surface area contributed by atoms with Crippen molar-refractivity contribution >= 4 is 56.6 Å². The molecule has 216 valence electrons. The molecule has 0 bridgehead atoms. The van der Waals surface area contributed by atoms with Gasteiger partial charge in [-0.3, -0.25) is 9.10 Å². The van der Waals surface area contributed by atoms with Gasteiger partial charge in [0.1, 0.15) is 18.0 Å². The zero-order valence-corrected chi connectivity index (χ0v) is 25.5. The lowest BCUT2D eigenvalue weighted by Crippen LogP contribution is -2.41. The van der Waals surface area contributed by atoms with Crippen LogP contribution in [0.25, 0.3) is 0 Å². The smallest absolute Gasteiger partial charge is 0.265 e. The van der Waals surface area contributed by atoms with Gasteiger partial charge < -0.3 is 24.3 Å². The number of nitrogens with one attached hydrogen (secondary N) is 1. The Morgan fingerprint density at radius 2 is 1.57 bits per heavy atom. The van der Waals surface area contributed by atoms with Crippen LogP contribution in [0, 0.1) is 0 Å². The number of ether oxygens (including phenoxy) is 4. The summed E-state index contributed by atoms with van der Waals surface area (Å²) < 4.78 is 50.1. The molecule has 0 unspecified atom stereocenters. The van der Waals surface area contributed by atoms with Crippen LogP contribution >= 0.6 is 35.0 Å². The first-order valence-corrected chi connectivity index (χ1v) is 15.2. The lowest BCUT2D eigenvalue weighted by atomic mass is 10.2. The third-order valence-electron chi connectivity index (χ3n) is 5.73. The molecule has 0 fully saturated rings. The van der Waals surface area contributed by atoms with E-state index in [1.54, 1.807) is 36.0 Å². The maximum atomic E-state index is 13.9. The standard InChI is InChI=1S/C27H30Cl2N2O7S2/c1-35-20-7-9-24(36-2)23(14-20)31(40(33,34)21-8-10-25(37-3)26(15-21)38-4)16-27(32)30-11-12-39-17-18-5-6-19(28)13-22(18)29/h5-10,13-15H,11-12,16-17H2,1-4H3,(H,30,32). The van der Waals surface area contributed by atoms with Crippen molar-refractivity contribution in [3.05, 3.63) is 70.2 Å². The quantitative estimate of drug-likeness (QED) is 0.241. The molecular formula is C27H30Cl2N2O7S2. The number of nitrogens with zero attached hydrogens (tertiary/aromatic N) is 1. The minimum absolute atomic E-state index is 0.0989. The lowest BCUT2D eigenvalue weighted by Gasteiger charge is -2.26. The number of hydrogen-bond donors (Lipinski definition) is 1. The van der Waals surface area contributed by atoms with Crippen molar-refractivity contribution in [2.75, 3.05) is 51.6 Å². The molecule has 0 radical (unpaired) electrons. The Morgan fingerprint density at radius 3 is 2.23 bits per heavy atom. The highest BCUT2D eigenvalue weighted by Crippen LogP contribution is 2.37. The summed E-state index contributed by atoms with van der Waals surface area (Å²) in [7, 11) is 1.46. The number of thioether (sulfide) groups is 1. The molecule has 0 saturated carbocycles. The van der Waals surface area contributed by atoms with E-state index in [9.17, 15) is 13.2 Å². The molecule has 3 aromatic rings. The number of carbonyl (C=O) groups is 1. The number of halogens is 2. The summed E-state index contributed by atoms with van der Waals surface area (Å²) in [5.74, 6) is 1.93. The number of amides is 1. The fourth-order valence-electron chi connectivity index (χ4n) is 3.67. The number of carbonyl (C=O) groups excluding carboxylic acids is 1. The topological polar surface area (TPSA) is 103 Å². The van der Waals surface area contributed by atoms with Gasteiger partial charge in [0.2, 0.25) is 5.91 Å². The lowest BCUT2D eigenvalue weighted by molar-refractivity contribution is -0.119. The summed E-state index contributed by atoms with van der Waals surface area (Å²) in [5, 5.41) is 3.92. The van der Waals surface area contributed by atoms with Gasteiger partial charge in [0.15, 0.2) is 11.5 Å². The Balaban J connectivity index is 1.81. The van der Waals surface area contributed by atoms with E-state index in [4.69, 9.17) is 42.1 Å². The van der Waals surface area contributed by atoms with Crippen LogP contribution in [0.3, 0.4) is 0 Å². The van der Waals surface area contributed by atoms with Crippen molar-refractivity contribution in [1.29, 1.82) is 0 Å². The molecule has 0 spiro atoms. The van der Waals surface area contributed by atoms with Crippen molar-refractivity contribution in [3.8, 4) is 23.0 Å². The van der Waals surface area contributed by atoms with Gasteiger partial charge in [0.25, 0.3) is 10.0 Å². The summed E-state index contributed by atoms with van der Waals surface area (Å²) in [6.45, 7) is -0.192. The van der Waals surface area contributed by atoms with Crippen LogP contribution in [0.1, 0.15) is 5.56 Å². The third-order valence-corrected chi connectivity index (χ3v) is 9.08. The second kappa shape index (κ2) is 14.6. The van der Waals surface area contributed by atoms with Crippen LogP contribution in [0.5, 0.6) is 23.0 Å². The molecule has 0 heterocycles. The van der Waals surface area contributed by atoms with Gasteiger partial charge in [0, 0.05) is 40.2 Å². The molecule has 0 aliphatic heterocycles. The van der Waals surface area contributed by atoms with Gasteiger partial charge >= 0.3 is 0 Å². The summed E-state index contributed by atoms with van der Waals surface area (Å²) >= 11 is 13.7. The van der Waals surface area contributed by atoms with E-state index < -0.39 is 22.5 Å². The number of benzene rings is 3. The van der Waals surface area contributed by atoms with Crippen LogP contribution < -0.4 is 28.6 Å². The first-order chi connectivity index (χ1) is 19.1. The maximum absolute atomic E-state index is 13.9. The molecule has 0 aliphatic carbocycles. The highest BCUT2D eigenvalue weighted by atomic mass is 35.5. The van der Waals surface area contributed by atoms with Crippen LogP contribution in [0.4, 0.5) is 5.69 Å². The molecule has 0 saturated heterocycles. The van der Waals surface area contributed by atoms with E-state index in [-0.39, 0.29) is 22.1 Å².